The Bertz CT molecular complexity index is 530. The maximum Gasteiger partial charge on any atom is 0.128 e. The summed E-state index contributed by atoms with van der Waals surface area (Å²) < 4.78 is 13.4. The third-order valence-electron chi connectivity index (χ3n) is 2.56. The van der Waals surface area contributed by atoms with Crippen LogP contribution in [-0.4, -0.2) is 0 Å². The highest BCUT2D eigenvalue weighted by Gasteiger charge is 2.01. The summed E-state index contributed by atoms with van der Waals surface area (Å²) in [7, 11) is 0. The standard InChI is InChI=1S/C14H15FN2/c1-9-5-11(16)7-13(6-9)17-12-4-3-10(2)14(15)8-12/h3-8,17H,16H2,1-2H3. The van der Waals surface area contributed by atoms with Crippen LogP contribution >= 0.6 is 0 Å². The minimum absolute atomic E-state index is 0.212. The monoisotopic (exact) mass is 230 g/mol. The second-order valence-electron chi connectivity index (χ2n) is 4.22. The molecule has 17 heavy (non-hydrogen) atoms. The molecule has 0 spiro atoms. The largest absolute Gasteiger partial charge is 0.399 e. The minimum Gasteiger partial charge on any atom is -0.399 e. The third-order valence-corrected chi connectivity index (χ3v) is 2.56. The van der Waals surface area contributed by atoms with E-state index in [0.717, 1.165) is 16.9 Å². The number of benzene rings is 2. The molecule has 0 aromatic heterocycles. The first-order valence-corrected chi connectivity index (χ1v) is 5.45. The first kappa shape index (κ1) is 11.5. The van der Waals surface area contributed by atoms with Gasteiger partial charge in [-0.25, -0.2) is 4.39 Å². The summed E-state index contributed by atoms with van der Waals surface area (Å²) in [6, 6.07) is 10.8. The summed E-state index contributed by atoms with van der Waals surface area (Å²) in [6.07, 6.45) is 0. The molecule has 0 saturated carbocycles. The average molecular weight is 230 g/mol. The Hall–Kier alpha value is -2.03. The molecule has 0 aliphatic carbocycles. The summed E-state index contributed by atoms with van der Waals surface area (Å²) >= 11 is 0. The number of nitrogens with two attached hydrogens (primary N) is 1. The lowest BCUT2D eigenvalue weighted by Crippen LogP contribution is -1.94. The van der Waals surface area contributed by atoms with Gasteiger partial charge < -0.3 is 11.1 Å². The van der Waals surface area contributed by atoms with Gasteiger partial charge in [-0.3, -0.25) is 0 Å². The summed E-state index contributed by atoms with van der Waals surface area (Å²) in [5, 5.41) is 3.13. The number of hydrogen-bond donors (Lipinski definition) is 2. The van der Waals surface area contributed by atoms with E-state index in [9.17, 15) is 4.39 Å². The number of hydrogen-bond acceptors (Lipinski definition) is 2. The molecule has 2 rings (SSSR count). The molecule has 0 atom stereocenters. The first-order chi connectivity index (χ1) is 8.04. The highest BCUT2D eigenvalue weighted by atomic mass is 19.1. The van der Waals surface area contributed by atoms with E-state index in [0.29, 0.717) is 11.3 Å². The minimum atomic E-state index is -0.212. The number of anilines is 3. The molecule has 2 aromatic carbocycles. The number of nitrogen functional groups attached to an aromatic ring is 1. The molecule has 3 heteroatoms. The Morgan fingerprint density at radius 1 is 1.00 bits per heavy atom. The maximum atomic E-state index is 13.4. The molecule has 3 N–H and O–H groups in total. The van der Waals surface area contributed by atoms with Crippen molar-refractivity contribution in [3.8, 4) is 0 Å². The molecular weight excluding hydrogens is 215 g/mol. The summed E-state index contributed by atoms with van der Waals surface area (Å²) in [5.41, 5.74) is 9.74. The zero-order valence-corrected chi connectivity index (χ0v) is 9.92. The van der Waals surface area contributed by atoms with Crippen molar-refractivity contribution in [2.75, 3.05) is 11.1 Å². The van der Waals surface area contributed by atoms with Gasteiger partial charge in [0.1, 0.15) is 5.82 Å². The molecule has 2 nitrogen and oxygen atoms in total. The maximum absolute atomic E-state index is 13.4. The van der Waals surface area contributed by atoms with Crippen molar-refractivity contribution < 1.29 is 4.39 Å². The smallest absolute Gasteiger partial charge is 0.128 e. The van der Waals surface area contributed by atoms with Gasteiger partial charge in [0, 0.05) is 17.1 Å². The van der Waals surface area contributed by atoms with Crippen LogP contribution < -0.4 is 11.1 Å². The van der Waals surface area contributed by atoms with Crippen molar-refractivity contribution in [1.29, 1.82) is 0 Å². The molecule has 0 saturated heterocycles. The first-order valence-electron chi connectivity index (χ1n) is 5.45. The lowest BCUT2D eigenvalue weighted by atomic mass is 10.1. The second kappa shape index (κ2) is 4.45. The van der Waals surface area contributed by atoms with Crippen molar-refractivity contribution in [3.05, 3.63) is 53.3 Å². The van der Waals surface area contributed by atoms with Crippen molar-refractivity contribution in [2.24, 2.45) is 0 Å². The Kier molecular flexibility index (Phi) is 3.00. The lowest BCUT2D eigenvalue weighted by molar-refractivity contribution is 0.619. The number of nitrogens with one attached hydrogen (secondary N) is 1. The Morgan fingerprint density at radius 3 is 2.41 bits per heavy atom. The van der Waals surface area contributed by atoms with Crippen LogP contribution in [0, 0.1) is 19.7 Å². The Labute approximate surface area is 100 Å². The average Bonchev–Trinajstić information content (AvgIpc) is 2.22. The van der Waals surface area contributed by atoms with Crippen molar-refractivity contribution >= 4 is 17.1 Å². The van der Waals surface area contributed by atoms with Gasteiger partial charge in [-0.1, -0.05) is 6.07 Å². The van der Waals surface area contributed by atoms with Gasteiger partial charge in [0.15, 0.2) is 0 Å². The van der Waals surface area contributed by atoms with Gasteiger partial charge in [0.2, 0.25) is 0 Å². The van der Waals surface area contributed by atoms with E-state index in [1.807, 2.05) is 31.2 Å². The molecule has 0 radical (unpaired) electrons. The zero-order valence-electron chi connectivity index (χ0n) is 9.92. The summed E-state index contributed by atoms with van der Waals surface area (Å²) in [5.74, 6) is -0.212. The molecule has 0 heterocycles. The topological polar surface area (TPSA) is 38.0 Å². The van der Waals surface area contributed by atoms with Crippen LogP contribution in [0.25, 0.3) is 0 Å². The van der Waals surface area contributed by atoms with E-state index in [1.165, 1.54) is 6.07 Å². The van der Waals surface area contributed by atoms with E-state index in [-0.39, 0.29) is 5.82 Å². The van der Waals surface area contributed by atoms with Gasteiger partial charge in [-0.15, -0.1) is 0 Å². The fourth-order valence-corrected chi connectivity index (χ4v) is 1.72. The summed E-state index contributed by atoms with van der Waals surface area (Å²) in [4.78, 5) is 0. The molecule has 0 aliphatic rings. The van der Waals surface area contributed by atoms with Gasteiger partial charge in [0.25, 0.3) is 0 Å². The third kappa shape index (κ3) is 2.75. The van der Waals surface area contributed by atoms with E-state index < -0.39 is 0 Å². The summed E-state index contributed by atoms with van der Waals surface area (Å²) in [6.45, 7) is 3.71. The zero-order chi connectivity index (χ0) is 12.4. The number of halogens is 1. The Morgan fingerprint density at radius 2 is 1.76 bits per heavy atom. The molecule has 2 aromatic rings. The van der Waals surface area contributed by atoms with Crippen LogP contribution in [0.15, 0.2) is 36.4 Å². The van der Waals surface area contributed by atoms with Gasteiger partial charge in [-0.05, 0) is 55.3 Å². The molecule has 88 valence electrons. The highest BCUT2D eigenvalue weighted by molar-refractivity contribution is 5.65. The van der Waals surface area contributed by atoms with Crippen LogP contribution in [-0.2, 0) is 0 Å². The molecule has 0 fully saturated rings. The molecule has 0 aliphatic heterocycles. The van der Waals surface area contributed by atoms with E-state index in [2.05, 4.69) is 5.32 Å². The van der Waals surface area contributed by atoms with Crippen LogP contribution in [0.5, 0.6) is 0 Å². The van der Waals surface area contributed by atoms with Gasteiger partial charge in [-0.2, -0.15) is 0 Å². The predicted octanol–water partition coefficient (Wildman–Crippen LogP) is 3.77. The van der Waals surface area contributed by atoms with Crippen LogP contribution in [0.2, 0.25) is 0 Å². The normalized spacial score (nSPS) is 10.3. The van der Waals surface area contributed by atoms with Crippen LogP contribution in [0.3, 0.4) is 0 Å². The molecule has 0 unspecified atom stereocenters. The fourth-order valence-electron chi connectivity index (χ4n) is 1.72. The number of rotatable bonds is 2. The molecule has 0 amide bonds. The van der Waals surface area contributed by atoms with E-state index >= 15 is 0 Å². The fraction of sp³-hybridized carbons (Fsp3) is 0.143. The highest BCUT2D eigenvalue weighted by Crippen LogP contribution is 2.22. The SMILES string of the molecule is Cc1cc(N)cc(Nc2ccc(C)c(F)c2)c1. The van der Waals surface area contributed by atoms with Crippen LogP contribution in [0.1, 0.15) is 11.1 Å². The predicted molar refractivity (Wildman–Crippen MR) is 70.0 cm³/mol. The number of aryl methyl sites for hydroxylation is 2. The van der Waals surface area contributed by atoms with Gasteiger partial charge in [0.05, 0.1) is 0 Å². The lowest BCUT2D eigenvalue weighted by Gasteiger charge is -2.09. The van der Waals surface area contributed by atoms with Crippen molar-refractivity contribution in [1.82, 2.24) is 0 Å². The quantitative estimate of drug-likeness (QED) is 0.771. The van der Waals surface area contributed by atoms with Crippen LogP contribution in [0.4, 0.5) is 21.5 Å². The molecule has 0 bridgehead atoms. The van der Waals surface area contributed by atoms with Crippen molar-refractivity contribution in [2.45, 2.75) is 13.8 Å². The van der Waals surface area contributed by atoms with Crippen molar-refractivity contribution in [3.63, 3.8) is 0 Å². The van der Waals surface area contributed by atoms with E-state index in [4.69, 9.17) is 5.73 Å². The van der Waals surface area contributed by atoms with Gasteiger partial charge >= 0.3 is 0 Å². The van der Waals surface area contributed by atoms with E-state index in [1.54, 1.807) is 13.0 Å². The Balaban J connectivity index is 2.28. The molecular formula is C14H15FN2. The second-order valence-corrected chi connectivity index (χ2v) is 4.22.